The lowest BCUT2D eigenvalue weighted by atomic mass is 9.87. The molecule has 4 unspecified atom stereocenters. The molecule has 2 heterocycles. The first-order valence-electron chi connectivity index (χ1n) is 5.97. The maximum absolute atomic E-state index is 12.4. The third-order valence-corrected chi connectivity index (χ3v) is 4.82. The van der Waals surface area contributed by atoms with Crippen LogP contribution in [0, 0.1) is 5.21 Å². The minimum atomic E-state index is -0.941. The molecular formula is C12H18N2O4S. The molecule has 2 rings (SSSR count). The summed E-state index contributed by atoms with van der Waals surface area (Å²) in [6.45, 7) is 5.43. The number of rotatable bonds is 3. The van der Waals surface area contributed by atoms with Crippen molar-refractivity contribution in [3.05, 3.63) is 16.4 Å². The maximum atomic E-state index is 12.4. The Labute approximate surface area is 116 Å². The van der Waals surface area contributed by atoms with E-state index in [2.05, 4.69) is 4.99 Å². The molecule has 7 heteroatoms. The Morgan fingerprint density at radius 3 is 2.58 bits per heavy atom. The van der Waals surface area contributed by atoms with E-state index in [4.69, 9.17) is 9.47 Å². The van der Waals surface area contributed by atoms with Gasteiger partial charge in [-0.15, -0.1) is 0 Å². The molecule has 19 heavy (non-hydrogen) atoms. The number of fused-ring (bicyclic) bond motifs is 1. The summed E-state index contributed by atoms with van der Waals surface area (Å²) in [7, 11) is 2.82. The quantitative estimate of drug-likeness (QED) is 0.452. The van der Waals surface area contributed by atoms with Gasteiger partial charge in [0, 0.05) is 7.11 Å². The van der Waals surface area contributed by atoms with E-state index in [0.29, 0.717) is 5.57 Å². The summed E-state index contributed by atoms with van der Waals surface area (Å²) in [5.41, 5.74) is 1.18. The van der Waals surface area contributed by atoms with Crippen molar-refractivity contribution in [2.75, 3.05) is 14.2 Å². The summed E-state index contributed by atoms with van der Waals surface area (Å²) in [4.78, 5) is 16.3. The van der Waals surface area contributed by atoms with Crippen molar-refractivity contribution in [1.82, 2.24) is 0 Å². The van der Waals surface area contributed by atoms with Crippen LogP contribution in [0.15, 0.2) is 16.1 Å². The molecule has 1 N–H and O–H groups in total. The van der Waals surface area contributed by atoms with Crippen molar-refractivity contribution < 1.29 is 19.3 Å². The minimum absolute atomic E-state index is 0.104. The summed E-state index contributed by atoms with van der Waals surface area (Å²) in [6, 6.07) is -0.888. The summed E-state index contributed by atoms with van der Waals surface area (Å²) in [5, 5.41) is 12.2. The van der Waals surface area contributed by atoms with Crippen molar-refractivity contribution in [2.24, 2.45) is 4.99 Å². The van der Waals surface area contributed by atoms with Gasteiger partial charge in [-0.25, -0.2) is 4.79 Å². The molecular weight excluding hydrogens is 268 g/mol. The van der Waals surface area contributed by atoms with Gasteiger partial charge in [-0.3, -0.25) is 4.99 Å². The highest BCUT2D eigenvalue weighted by Crippen LogP contribution is 2.43. The van der Waals surface area contributed by atoms with E-state index in [1.165, 1.54) is 26.0 Å². The standard InChI is InChI=1S/C12H18N2O4S/c1-6(2)8(11(15)17-4)9-10-12(18-5,14(9)16)19-7(3)13-10/h9-10,14H,1-5H3. The lowest BCUT2D eigenvalue weighted by Gasteiger charge is -2.56. The smallest absolute Gasteiger partial charge is 0.339 e. The fourth-order valence-electron chi connectivity index (χ4n) is 2.64. The number of hydrogen-bond donors (Lipinski definition) is 1. The van der Waals surface area contributed by atoms with Crippen LogP contribution in [-0.4, -0.2) is 42.4 Å². The van der Waals surface area contributed by atoms with Gasteiger partial charge in [0.25, 0.3) is 5.06 Å². The highest BCUT2D eigenvalue weighted by Gasteiger charge is 2.69. The zero-order valence-electron chi connectivity index (χ0n) is 11.6. The van der Waals surface area contributed by atoms with Gasteiger partial charge >= 0.3 is 5.97 Å². The number of hydroxylamine groups is 2. The molecule has 1 fully saturated rings. The van der Waals surface area contributed by atoms with Gasteiger partial charge in [0.1, 0.15) is 0 Å². The molecule has 0 aromatic heterocycles. The fraction of sp³-hybridized carbons (Fsp3) is 0.667. The van der Waals surface area contributed by atoms with Crippen LogP contribution < -0.4 is 5.06 Å². The van der Waals surface area contributed by atoms with E-state index in [0.717, 1.165) is 10.6 Å². The Bertz CT molecular complexity index is 472. The first kappa shape index (κ1) is 14.5. The van der Waals surface area contributed by atoms with Crippen molar-refractivity contribution in [2.45, 2.75) is 37.9 Å². The van der Waals surface area contributed by atoms with Crippen LogP contribution in [0.5, 0.6) is 0 Å². The number of nitrogens with zero attached hydrogens (tertiary/aromatic N) is 1. The zero-order chi connectivity index (χ0) is 14.4. The average Bonchev–Trinajstić information content (AvgIpc) is 2.68. The summed E-state index contributed by atoms with van der Waals surface area (Å²) in [5.74, 6) is -0.465. The van der Waals surface area contributed by atoms with E-state index in [-0.39, 0.29) is 11.1 Å². The first-order valence-corrected chi connectivity index (χ1v) is 6.79. The Morgan fingerprint density at radius 1 is 1.47 bits per heavy atom. The largest absolute Gasteiger partial charge is 0.631 e. The number of ether oxygens (including phenoxy) is 2. The summed E-state index contributed by atoms with van der Waals surface area (Å²) in [6.07, 6.45) is 0. The van der Waals surface area contributed by atoms with Gasteiger partial charge in [-0.1, -0.05) is 5.57 Å². The third-order valence-electron chi connectivity index (χ3n) is 3.51. The van der Waals surface area contributed by atoms with Gasteiger partial charge in [-0.05, 0) is 32.5 Å². The molecule has 0 spiro atoms. The number of nitrogens with one attached hydrogen (secondary N) is 1. The molecule has 0 aromatic carbocycles. The SMILES string of the molecule is COC(=O)C(=C(C)C)C1C2N=C(C)SC2(OC)[NH+]1[O-]. The molecule has 0 saturated carbocycles. The maximum Gasteiger partial charge on any atom is 0.339 e. The Balaban J connectivity index is 2.38. The van der Waals surface area contributed by atoms with Gasteiger partial charge in [0.2, 0.25) is 0 Å². The summed E-state index contributed by atoms with van der Waals surface area (Å²) >= 11 is 1.33. The van der Waals surface area contributed by atoms with Gasteiger partial charge in [-0.2, -0.15) is 0 Å². The molecule has 2 aliphatic heterocycles. The minimum Gasteiger partial charge on any atom is -0.631 e. The summed E-state index contributed by atoms with van der Waals surface area (Å²) < 4.78 is 10.2. The fourth-order valence-corrected chi connectivity index (χ4v) is 3.87. The monoisotopic (exact) mass is 286 g/mol. The zero-order valence-corrected chi connectivity index (χ0v) is 12.5. The number of allylic oxidation sites excluding steroid dienone is 1. The molecule has 0 amide bonds. The molecule has 0 bridgehead atoms. The Hall–Kier alpha value is -0.890. The third kappa shape index (κ3) is 1.92. The number of quaternary nitrogens is 1. The number of aliphatic imine (C=N–C) groups is 1. The van der Waals surface area contributed by atoms with Crippen molar-refractivity contribution in [3.63, 3.8) is 0 Å². The molecule has 1 saturated heterocycles. The van der Waals surface area contributed by atoms with E-state index in [1.807, 2.05) is 6.92 Å². The molecule has 0 radical (unpaired) electrons. The molecule has 0 aliphatic carbocycles. The molecule has 6 nitrogen and oxygen atoms in total. The number of hydrogen-bond acceptors (Lipinski definition) is 6. The Kier molecular flexibility index (Phi) is 3.74. The lowest BCUT2D eigenvalue weighted by molar-refractivity contribution is -0.981. The van der Waals surface area contributed by atoms with E-state index in [9.17, 15) is 10.0 Å². The van der Waals surface area contributed by atoms with Gasteiger partial charge in [0.15, 0.2) is 12.1 Å². The van der Waals surface area contributed by atoms with E-state index in [1.54, 1.807) is 13.8 Å². The Morgan fingerprint density at radius 2 is 2.11 bits per heavy atom. The number of esters is 1. The van der Waals surface area contributed by atoms with Crippen LogP contribution in [0.3, 0.4) is 0 Å². The van der Waals surface area contributed by atoms with Gasteiger partial charge in [0.05, 0.1) is 17.7 Å². The van der Waals surface area contributed by atoms with Gasteiger partial charge < -0.3 is 19.7 Å². The normalized spacial score (nSPS) is 36.1. The van der Waals surface area contributed by atoms with Crippen LogP contribution in [0.4, 0.5) is 0 Å². The lowest BCUT2D eigenvalue weighted by Crippen LogP contribution is -3.30. The second-order valence-corrected chi connectivity index (χ2v) is 6.22. The molecule has 4 atom stereocenters. The van der Waals surface area contributed by atoms with Crippen LogP contribution >= 0.6 is 11.8 Å². The van der Waals surface area contributed by atoms with Crippen molar-refractivity contribution in [3.8, 4) is 0 Å². The van der Waals surface area contributed by atoms with E-state index < -0.39 is 17.1 Å². The second-order valence-electron chi connectivity index (χ2n) is 4.81. The molecule has 2 aliphatic rings. The van der Waals surface area contributed by atoms with Crippen LogP contribution in [0.25, 0.3) is 0 Å². The molecule has 0 aromatic rings. The number of methoxy groups -OCH3 is 2. The van der Waals surface area contributed by atoms with E-state index >= 15 is 0 Å². The number of carbonyl (C=O) groups excluding carboxylic acids is 1. The highest BCUT2D eigenvalue weighted by atomic mass is 32.2. The average molecular weight is 286 g/mol. The van der Waals surface area contributed by atoms with Crippen LogP contribution in [0.2, 0.25) is 0 Å². The van der Waals surface area contributed by atoms with Crippen molar-refractivity contribution >= 4 is 22.8 Å². The van der Waals surface area contributed by atoms with Crippen LogP contribution in [0.1, 0.15) is 20.8 Å². The second kappa shape index (κ2) is 4.90. The number of thioether (sulfide) groups is 1. The predicted octanol–water partition coefficient (Wildman–Crippen LogP) is 0.0947. The van der Waals surface area contributed by atoms with Crippen LogP contribution in [-0.2, 0) is 14.3 Å². The molecule has 106 valence electrons. The first-order chi connectivity index (χ1) is 8.89. The predicted molar refractivity (Wildman–Crippen MR) is 72.7 cm³/mol. The highest BCUT2D eigenvalue weighted by molar-refractivity contribution is 8.15. The van der Waals surface area contributed by atoms with Crippen molar-refractivity contribution in [1.29, 1.82) is 0 Å². The number of carbonyl (C=O) groups is 1. The topological polar surface area (TPSA) is 75.4 Å².